The Bertz CT molecular complexity index is 282. The summed E-state index contributed by atoms with van der Waals surface area (Å²) >= 11 is 0. The molecule has 0 saturated carbocycles. The van der Waals surface area contributed by atoms with Crippen molar-refractivity contribution in [2.24, 2.45) is 0 Å². The molecule has 2 N–H and O–H groups in total. The first kappa shape index (κ1) is 24.6. The van der Waals surface area contributed by atoms with Crippen LogP contribution >= 0.6 is 0 Å². The van der Waals surface area contributed by atoms with Crippen LogP contribution in [0.5, 0.6) is 0 Å². The molecule has 0 bridgehead atoms. The minimum absolute atomic E-state index is 0.218. The summed E-state index contributed by atoms with van der Waals surface area (Å²) in [6.07, 6.45) is 21.2. The van der Waals surface area contributed by atoms with Crippen LogP contribution in [0.25, 0.3) is 0 Å². The van der Waals surface area contributed by atoms with Gasteiger partial charge in [0.1, 0.15) is 5.78 Å². The molecule has 0 atom stereocenters. The van der Waals surface area contributed by atoms with Crippen LogP contribution in [0.1, 0.15) is 122 Å². The van der Waals surface area contributed by atoms with Gasteiger partial charge in [-0.2, -0.15) is 0 Å². The number of Topliss-reactive ketones (excluding diaryl/α,β-unsaturated/α-hetero) is 1. The molecule has 0 aromatic rings. The molecule has 0 amide bonds. The summed E-state index contributed by atoms with van der Waals surface area (Å²) in [5.41, 5.74) is 0. The maximum Gasteiger partial charge on any atom is 0.132 e. The quantitative estimate of drug-likeness (QED) is 0.188. The van der Waals surface area contributed by atoms with E-state index in [0.717, 1.165) is 32.1 Å². The predicted octanol–water partition coefficient (Wildman–Crippen LogP) is 6.68. The van der Waals surface area contributed by atoms with Crippen molar-refractivity contribution in [1.82, 2.24) is 5.23 Å². The number of ketones is 1. The van der Waals surface area contributed by atoms with Gasteiger partial charge in [0.25, 0.3) is 0 Å². The number of nitrogens with zero attached hydrogens (tertiary/aromatic N) is 1. The predicted molar refractivity (Wildman–Crippen MR) is 104 cm³/mol. The van der Waals surface area contributed by atoms with E-state index in [1.165, 1.54) is 77.0 Å². The molecule has 0 saturated heterocycles. The Balaban J connectivity index is 3.13. The van der Waals surface area contributed by atoms with Crippen molar-refractivity contribution >= 4 is 5.78 Å². The van der Waals surface area contributed by atoms with Crippen molar-refractivity contribution in [2.45, 2.75) is 122 Å². The van der Waals surface area contributed by atoms with Crippen LogP contribution in [0.15, 0.2) is 0 Å². The normalized spacial score (nSPS) is 11.4. The van der Waals surface area contributed by atoms with Gasteiger partial charge in [0.2, 0.25) is 0 Å². The average Bonchev–Trinajstić information content (AvgIpc) is 2.58. The molecule has 25 heavy (non-hydrogen) atoms. The Morgan fingerprint density at radius 2 is 0.960 bits per heavy atom. The molecule has 0 spiro atoms. The molecule has 0 aliphatic rings. The first-order valence-electron chi connectivity index (χ1n) is 10.8. The second-order valence-corrected chi connectivity index (χ2v) is 7.44. The molecular formula is C21H43NO3. The average molecular weight is 358 g/mol. The summed E-state index contributed by atoms with van der Waals surface area (Å²) in [6, 6.07) is 0. The molecule has 0 aromatic heterocycles. The Hall–Kier alpha value is -0.450. The number of hydrogen-bond donors (Lipinski definition) is 2. The second kappa shape index (κ2) is 19.9. The summed E-state index contributed by atoms with van der Waals surface area (Å²) in [5.74, 6) is 0.368. The van der Waals surface area contributed by atoms with Crippen LogP contribution in [0.3, 0.4) is 0 Å². The summed E-state index contributed by atoms with van der Waals surface area (Å²) in [4.78, 5) is 11.7. The Morgan fingerprint density at radius 3 is 1.36 bits per heavy atom. The van der Waals surface area contributed by atoms with E-state index in [9.17, 15) is 4.79 Å². The van der Waals surface area contributed by atoms with Crippen molar-refractivity contribution in [3.8, 4) is 0 Å². The smallest absolute Gasteiger partial charge is 0.132 e. The van der Waals surface area contributed by atoms with E-state index in [-0.39, 0.29) is 11.8 Å². The molecule has 0 radical (unpaired) electrons. The lowest BCUT2D eigenvalue weighted by atomic mass is 10.0. The lowest BCUT2D eigenvalue weighted by Crippen LogP contribution is -2.14. The highest BCUT2D eigenvalue weighted by Crippen LogP contribution is 2.13. The minimum Gasteiger partial charge on any atom is -0.300 e. The number of rotatable bonds is 20. The molecule has 150 valence electrons. The zero-order valence-corrected chi connectivity index (χ0v) is 16.7. The fraction of sp³-hybridized carbons (Fsp3) is 0.952. The topological polar surface area (TPSA) is 60.8 Å². The summed E-state index contributed by atoms with van der Waals surface area (Å²) in [6.45, 7) is 2.52. The van der Waals surface area contributed by atoms with Gasteiger partial charge in [-0.25, -0.2) is 0 Å². The van der Waals surface area contributed by atoms with Crippen molar-refractivity contribution in [1.29, 1.82) is 0 Å². The van der Waals surface area contributed by atoms with E-state index in [2.05, 4.69) is 6.92 Å². The maximum absolute atomic E-state index is 11.7. The highest BCUT2D eigenvalue weighted by molar-refractivity contribution is 5.78. The summed E-state index contributed by atoms with van der Waals surface area (Å²) < 4.78 is 0. The zero-order chi connectivity index (χ0) is 18.6. The van der Waals surface area contributed by atoms with Crippen molar-refractivity contribution < 1.29 is 15.2 Å². The van der Waals surface area contributed by atoms with Gasteiger partial charge in [-0.05, 0) is 19.3 Å². The van der Waals surface area contributed by atoms with Crippen LogP contribution in [0, 0.1) is 0 Å². The van der Waals surface area contributed by atoms with Gasteiger partial charge in [-0.15, -0.1) is 0 Å². The number of unbranched alkanes of at least 4 members (excludes halogenated alkanes) is 14. The van der Waals surface area contributed by atoms with E-state index in [1.807, 2.05) is 0 Å². The highest BCUT2D eigenvalue weighted by Gasteiger charge is 2.02. The van der Waals surface area contributed by atoms with E-state index >= 15 is 0 Å². The van der Waals surface area contributed by atoms with Gasteiger partial charge in [0, 0.05) is 12.8 Å². The van der Waals surface area contributed by atoms with Gasteiger partial charge in [-0.1, -0.05) is 95.6 Å². The minimum atomic E-state index is 0.218. The number of hydroxylamine groups is 2. The molecule has 0 heterocycles. The second-order valence-electron chi connectivity index (χ2n) is 7.44. The SMILES string of the molecule is CCCCCCCCCCCCCCCC(=O)CCCCCN(O)O. The van der Waals surface area contributed by atoms with Gasteiger partial charge in [0.05, 0.1) is 6.54 Å². The third kappa shape index (κ3) is 21.5. The molecule has 0 aliphatic carbocycles. The Labute approximate surface area is 155 Å². The Kier molecular flexibility index (Phi) is 19.5. The van der Waals surface area contributed by atoms with Crippen LogP contribution in [-0.2, 0) is 4.79 Å². The van der Waals surface area contributed by atoms with Crippen molar-refractivity contribution in [2.75, 3.05) is 6.54 Å². The maximum atomic E-state index is 11.7. The first-order valence-corrected chi connectivity index (χ1v) is 10.8. The summed E-state index contributed by atoms with van der Waals surface area (Å²) in [7, 11) is 0. The molecule has 0 rings (SSSR count). The molecule has 0 aromatic carbocycles. The van der Waals surface area contributed by atoms with E-state index < -0.39 is 0 Å². The van der Waals surface area contributed by atoms with Gasteiger partial charge < -0.3 is 0 Å². The third-order valence-electron chi connectivity index (χ3n) is 4.87. The molecule has 0 unspecified atom stereocenters. The lowest BCUT2D eigenvalue weighted by Gasteiger charge is -2.05. The monoisotopic (exact) mass is 357 g/mol. The molecular weight excluding hydrogens is 314 g/mol. The van der Waals surface area contributed by atoms with Crippen molar-refractivity contribution in [3.63, 3.8) is 0 Å². The van der Waals surface area contributed by atoms with Crippen LogP contribution in [0.4, 0.5) is 0 Å². The highest BCUT2D eigenvalue weighted by atomic mass is 16.8. The van der Waals surface area contributed by atoms with E-state index in [4.69, 9.17) is 10.4 Å². The third-order valence-corrected chi connectivity index (χ3v) is 4.87. The molecule has 4 heteroatoms. The van der Waals surface area contributed by atoms with Gasteiger partial charge in [-0.3, -0.25) is 15.2 Å². The number of carbonyl (C=O) groups is 1. The van der Waals surface area contributed by atoms with Crippen LogP contribution < -0.4 is 0 Å². The number of hydrogen-bond acceptors (Lipinski definition) is 4. The molecule has 4 nitrogen and oxygen atoms in total. The fourth-order valence-corrected chi connectivity index (χ4v) is 3.22. The van der Waals surface area contributed by atoms with Gasteiger partial charge in [0.15, 0.2) is 0 Å². The fourth-order valence-electron chi connectivity index (χ4n) is 3.22. The van der Waals surface area contributed by atoms with Crippen molar-refractivity contribution in [3.05, 3.63) is 0 Å². The molecule has 0 fully saturated rings. The van der Waals surface area contributed by atoms with Crippen LogP contribution in [-0.4, -0.2) is 28.0 Å². The largest absolute Gasteiger partial charge is 0.300 e. The van der Waals surface area contributed by atoms with E-state index in [0.29, 0.717) is 12.2 Å². The Morgan fingerprint density at radius 1 is 0.600 bits per heavy atom. The zero-order valence-electron chi connectivity index (χ0n) is 16.7. The standard InChI is InChI=1S/C21H43NO3/c1-2-3-4-5-6-7-8-9-10-11-12-13-15-18-21(23)19-16-14-17-20-22(24)25/h24-25H,2-20H2,1H3. The number of carbonyl (C=O) groups excluding carboxylic acids is 1. The van der Waals surface area contributed by atoms with Crippen LogP contribution in [0.2, 0.25) is 0 Å². The van der Waals surface area contributed by atoms with E-state index in [1.54, 1.807) is 0 Å². The first-order chi connectivity index (χ1) is 12.2. The lowest BCUT2D eigenvalue weighted by molar-refractivity contribution is -0.306. The van der Waals surface area contributed by atoms with Gasteiger partial charge >= 0.3 is 0 Å². The molecule has 0 aliphatic heterocycles. The summed E-state index contributed by atoms with van der Waals surface area (Å²) in [5, 5.41) is 17.4.